The maximum absolute atomic E-state index is 12.6. The van der Waals surface area contributed by atoms with Gasteiger partial charge in [0.05, 0.1) is 10.5 Å². The van der Waals surface area contributed by atoms with Crippen molar-refractivity contribution in [1.82, 2.24) is 10.2 Å². The molecule has 26 heavy (non-hydrogen) atoms. The number of benzene rings is 1. The molecule has 0 fully saturated rings. The number of non-ortho nitro benzene ring substituents is 1. The highest BCUT2D eigenvalue weighted by molar-refractivity contribution is 7.16. The van der Waals surface area contributed by atoms with Gasteiger partial charge in [0.2, 0.25) is 0 Å². The molecular weight excluding hydrogens is 352 g/mol. The van der Waals surface area contributed by atoms with E-state index in [4.69, 9.17) is 0 Å². The van der Waals surface area contributed by atoms with Crippen LogP contribution in [0.4, 0.5) is 10.7 Å². The van der Waals surface area contributed by atoms with Crippen molar-refractivity contribution in [2.75, 3.05) is 18.9 Å². The summed E-state index contributed by atoms with van der Waals surface area (Å²) >= 11 is 1.64. The van der Waals surface area contributed by atoms with Gasteiger partial charge in [-0.05, 0) is 30.7 Å². The van der Waals surface area contributed by atoms with Gasteiger partial charge < -0.3 is 15.5 Å². The van der Waals surface area contributed by atoms with E-state index in [1.54, 1.807) is 29.5 Å². The fraction of sp³-hybridized carbons (Fsp3) is 0.278. The lowest BCUT2D eigenvalue weighted by atomic mass is 10.0. The van der Waals surface area contributed by atoms with Crippen molar-refractivity contribution in [2.24, 2.45) is 0 Å². The largest absolute Gasteiger partial charge is 0.353 e. The van der Waals surface area contributed by atoms with Gasteiger partial charge in [-0.3, -0.25) is 14.9 Å². The van der Waals surface area contributed by atoms with E-state index in [0.717, 1.165) is 35.6 Å². The predicted octanol–water partition coefficient (Wildman–Crippen LogP) is 2.84. The average Bonchev–Trinajstić information content (AvgIpc) is 2.97. The van der Waals surface area contributed by atoms with E-state index in [9.17, 15) is 14.9 Å². The number of nitro groups is 1. The minimum atomic E-state index is -0.419. The molecule has 0 saturated heterocycles. The van der Waals surface area contributed by atoms with E-state index in [1.165, 1.54) is 17.0 Å². The van der Waals surface area contributed by atoms with Gasteiger partial charge in [-0.25, -0.2) is 0 Å². The quantitative estimate of drug-likeness (QED) is 0.641. The number of likely N-dealkylation sites (N-methyl/N-ethyl adjacent to an activating group) is 1. The summed E-state index contributed by atoms with van der Waals surface area (Å²) in [6.07, 6.45) is 4.13. The zero-order valence-corrected chi connectivity index (χ0v) is 15.0. The third kappa shape index (κ3) is 3.09. The fourth-order valence-corrected chi connectivity index (χ4v) is 4.67. The van der Waals surface area contributed by atoms with Gasteiger partial charge in [0, 0.05) is 30.1 Å². The topological polar surface area (TPSA) is 87.5 Å². The summed E-state index contributed by atoms with van der Waals surface area (Å²) in [5.41, 5.74) is 2.70. The molecule has 2 aliphatic heterocycles. The number of amides is 1. The van der Waals surface area contributed by atoms with E-state index < -0.39 is 4.92 Å². The van der Waals surface area contributed by atoms with Gasteiger partial charge in [0.25, 0.3) is 11.6 Å². The Morgan fingerprint density at radius 3 is 3.04 bits per heavy atom. The Morgan fingerprint density at radius 1 is 1.38 bits per heavy atom. The lowest BCUT2D eigenvalue weighted by molar-refractivity contribution is -0.384. The molecule has 0 aliphatic carbocycles. The number of rotatable bonds is 3. The highest BCUT2D eigenvalue weighted by atomic mass is 32.1. The van der Waals surface area contributed by atoms with Crippen LogP contribution in [0.2, 0.25) is 0 Å². The number of nitro benzene ring substituents is 1. The molecule has 3 heterocycles. The lowest BCUT2D eigenvalue weighted by Gasteiger charge is -2.25. The number of carbonyl (C=O) groups excluding carboxylic acids is 1. The predicted molar refractivity (Wildman–Crippen MR) is 101 cm³/mol. The second-order valence-electron chi connectivity index (χ2n) is 6.50. The Kier molecular flexibility index (Phi) is 4.21. The number of nitrogens with one attached hydrogen (secondary N) is 2. The fourth-order valence-electron chi connectivity index (χ4n) is 3.31. The molecule has 1 aromatic carbocycles. The Bertz CT molecular complexity index is 921. The molecule has 1 aromatic heterocycles. The molecule has 0 bridgehead atoms. The minimum Gasteiger partial charge on any atom is -0.353 e. The van der Waals surface area contributed by atoms with Crippen molar-refractivity contribution in [3.63, 3.8) is 0 Å². The molecule has 0 spiro atoms. The van der Waals surface area contributed by atoms with Crippen molar-refractivity contribution >= 4 is 34.0 Å². The summed E-state index contributed by atoms with van der Waals surface area (Å²) < 4.78 is 0. The number of fused-ring (bicyclic) bond motifs is 3. The molecule has 134 valence electrons. The number of thiophene rings is 1. The van der Waals surface area contributed by atoms with Crippen molar-refractivity contribution in [1.29, 1.82) is 0 Å². The number of hydrogen-bond donors (Lipinski definition) is 2. The van der Waals surface area contributed by atoms with Crippen LogP contribution in [-0.2, 0) is 13.0 Å². The van der Waals surface area contributed by atoms with E-state index in [1.807, 2.05) is 6.08 Å². The zero-order chi connectivity index (χ0) is 18.3. The van der Waals surface area contributed by atoms with Gasteiger partial charge in [-0.15, -0.1) is 11.3 Å². The van der Waals surface area contributed by atoms with Crippen LogP contribution in [0.1, 0.15) is 26.4 Å². The summed E-state index contributed by atoms with van der Waals surface area (Å²) in [7, 11) is 2.08. The lowest BCUT2D eigenvalue weighted by Crippen LogP contribution is -2.43. The van der Waals surface area contributed by atoms with Crippen LogP contribution in [0.5, 0.6) is 0 Å². The standard InChI is InChI=1S/C18H18N4O3S/c1-21-8-7-13-14(10-21)26-18-16(13)17(23)19-15(20-18)6-5-11-3-2-4-12(9-11)22(24)25/h2-6,9,15,20H,7-8,10H2,1H3,(H,19,23)/b6-5-/t15-/m0/s1. The SMILES string of the molecule is CN1CCc2c(sc3c2C(=O)N[C@H](/C=C\c2cccc([N+](=O)[O-])c2)N3)C1. The van der Waals surface area contributed by atoms with Crippen LogP contribution < -0.4 is 10.6 Å². The average molecular weight is 370 g/mol. The molecular formula is C18H18N4O3S. The van der Waals surface area contributed by atoms with Crippen molar-refractivity contribution in [3.05, 3.63) is 62.0 Å². The van der Waals surface area contributed by atoms with Gasteiger partial charge in [0.1, 0.15) is 11.2 Å². The van der Waals surface area contributed by atoms with Crippen LogP contribution >= 0.6 is 11.3 Å². The highest BCUT2D eigenvalue weighted by Crippen LogP contribution is 2.38. The van der Waals surface area contributed by atoms with Crippen LogP contribution in [0, 0.1) is 10.1 Å². The molecule has 2 aliphatic rings. The summed E-state index contributed by atoms with van der Waals surface area (Å²) in [5, 5.41) is 18.1. The summed E-state index contributed by atoms with van der Waals surface area (Å²) in [6.45, 7) is 1.83. The summed E-state index contributed by atoms with van der Waals surface area (Å²) in [4.78, 5) is 26.5. The van der Waals surface area contributed by atoms with Crippen LogP contribution in [0.15, 0.2) is 30.3 Å². The van der Waals surface area contributed by atoms with Crippen LogP contribution in [0.3, 0.4) is 0 Å². The number of nitrogens with zero attached hydrogens (tertiary/aromatic N) is 2. The molecule has 8 heteroatoms. The third-order valence-corrected chi connectivity index (χ3v) is 5.76. The zero-order valence-electron chi connectivity index (χ0n) is 14.2. The van der Waals surface area contributed by atoms with Crippen molar-refractivity contribution in [2.45, 2.75) is 19.1 Å². The summed E-state index contributed by atoms with van der Waals surface area (Å²) in [6, 6.07) is 6.40. The number of carbonyl (C=O) groups is 1. The molecule has 0 saturated carbocycles. The van der Waals surface area contributed by atoms with E-state index >= 15 is 0 Å². The maximum Gasteiger partial charge on any atom is 0.270 e. The first-order chi connectivity index (χ1) is 12.5. The molecule has 2 N–H and O–H groups in total. The Hall–Kier alpha value is -2.71. The molecule has 0 radical (unpaired) electrons. The number of hydrogen-bond acceptors (Lipinski definition) is 6. The summed E-state index contributed by atoms with van der Waals surface area (Å²) in [5.74, 6) is -0.0607. The number of anilines is 1. The first-order valence-electron chi connectivity index (χ1n) is 8.34. The smallest absolute Gasteiger partial charge is 0.270 e. The van der Waals surface area contributed by atoms with Crippen molar-refractivity contribution in [3.8, 4) is 0 Å². The van der Waals surface area contributed by atoms with E-state index in [0.29, 0.717) is 5.56 Å². The third-order valence-electron chi connectivity index (χ3n) is 4.61. The van der Waals surface area contributed by atoms with Gasteiger partial charge in [0.15, 0.2) is 0 Å². The Labute approximate surface area is 154 Å². The van der Waals surface area contributed by atoms with Crippen LogP contribution in [0.25, 0.3) is 6.08 Å². The monoisotopic (exact) mass is 370 g/mol. The van der Waals surface area contributed by atoms with E-state index in [-0.39, 0.29) is 17.8 Å². The van der Waals surface area contributed by atoms with Crippen LogP contribution in [-0.4, -0.2) is 35.5 Å². The second kappa shape index (κ2) is 6.54. The molecule has 2 aromatic rings. The highest BCUT2D eigenvalue weighted by Gasteiger charge is 2.31. The second-order valence-corrected chi connectivity index (χ2v) is 7.61. The normalized spacial score (nSPS) is 19.6. The van der Waals surface area contributed by atoms with E-state index in [2.05, 4.69) is 22.6 Å². The van der Waals surface area contributed by atoms with Gasteiger partial charge in [-0.1, -0.05) is 18.2 Å². The molecule has 7 nitrogen and oxygen atoms in total. The van der Waals surface area contributed by atoms with Gasteiger partial charge in [-0.2, -0.15) is 0 Å². The first kappa shape index (κ1) is 16.7. The maximum atomic E-state index is 12.6. The Morgan fingerprint density at radius 2 is 2.23 bits per heavy atom. The molecule has 1 atom stereocenters. The first-order valence-corrected chi connectivity index (χ1v) is 9.16. The molecule has 0 unspecified atom stereocenters. The molecule has 1 amide bonds. The Balaban J connectivity index is 1.55. The van der Waals surface area contributed by atoms with Gasteiger partial charge >= 0.3 is 0 Å². The minimum absolute atomic E-state index is 0.0464. The van der Waals surface area contributed by atoms with Crippen molar-refractivity contribution < 1.29 is 9.72 Å². The molecule has 4 rings (SSSR count).